The number of hydrogen-bond donors (Lipinski definition) is 1. The highest BCUT2D eigenvalue weighted by atomic mass is 19.4. The number of nitrogens with zero attached hydrogens (tertiary/aromatic N) is 1. The van der Waals surface area contributed by atoms with Crippen LogP contribution in [-0.2, 0) is 0 Å². The van der Waals surface area contributed by atoms with Crippen LogP contribution in [0.1, 0.15) is 18.0 Å². The molecule has 0 aliphatic carbocycles. The van der Waals surface area contributed by atoms with Crippen LogP contribution in [0.5, 0.6) is 0 Å². The largest absolute Gasteiger partial charge is 0.390 e. The molecule has 1 aromatic carbocycles. The standard InChI is InChI=1S/C13H15F5N2/c14-9-1-2-10(11(15)7-9)12(8-13(16,17)18)20-5-3-19-4-6-20/h1-2,7,12,19H,3-6,8H2/t12-/m0/s1. The molecule has 1 atom stereocenters. The Hall–Kier alpha value is -1.21. The summed E-state index contributed by atoms with van der Waals surface area (Å²) in [6.45, 7) is 1.91. The Morgan fingerprint density at radius 2 is 1.80 bits per heavy atom. The van der Waals surface area contributed by atoms with Crippen molar-refractivity contribution in [2.75, 3.05) is 26.2 Å². The first-order chi connectivity index (χ1) is 9.37. The lowest BCUT2D eigenvalue weighted by Crippen LogP contribution is -2.46. The van der Waals surface area contributed by atoms with Crippen molar-refractivity contribution in [3.8, 4) is 0 Å². The molecule has 0 unspecified atom stereocenters. The molecule has 0 saturated carbocycles. The second-order valence-corrected chi connectivity index (χ2v) is 4.79. The predicted octanol–water partition coefficient (Wildman–Crippen LogP) is 2.86. The van der Waals surface area contributed by atoms with E-state index in [1.54, 1.807) is 4.90 Å². The van der Waals surface area contributed by atoms with Crippen molar-refractivity contribution < 1.29 is 22.0 Å². The van der Waals surface area contributed by atoms with Crippen LogP contribution < -0.4 is 5.32 Å². The summed E-state index contributed by atoms with van der Waals surface area (Å²) >= 11 is 0. The number of piperazine rings is 1. The molecule has 0 bridgehead atoms. The van der Waals surface area contributed by atoms with Gasteiger partial charge < -0.3 is 5.32 Å². The van der Waals surface area contributed by atoms with Crippen molar-refractivity contribution in [1.82, 2.24) is 10.2 Å². The Balaban J connectivity index is 2.29. The van der Waals surface area contributed by atoms with Gasteiger partial charge in [0.15, 0.2) is 0 Å². The minimum absolute atomic E-state index is 0.106. The zero-order valence-electron chi connectivity index (χ0n) is 10.7. The Bertz CT molecular complexity index is 455. The maximum Gasteiger partial charge on any atom is 0.390 e. The maximum atomic E-state index is 13.8. The summed E-state index contributed by atoms with van der Waals surface area (Å²) in [7, 11) is 0. The minimum Gasteiger partial charge on any atom is -0.314 e. The van der Waals surface area contributed by atoms with Gasteiger partial charge in [-0.15, -0.1) is 0 Å². The molecule has 2 rings (SSSR count). The SMILES string of the molecule is Fc1ccc([C@H](CC(F)(F)F)N2CCNCC2)c(F)c1. The molecule has 7 heteroatoms. The van der Waals surface area contributed by atoms with Crippen LogP contribution in [0.4, 0.5) is 22.0 Å². The van der Waals surface area contributed by atoms with E-state index in [0.717, 1.165) is 12.1 Å². The van der Waals surface area contributed by atoms with E-state index < -0.39 is 30.3 Å². The summed E-state index contributed by atoms with van der Waals surface area (Å²) < 4.78 is 64.8. The van der Waals surface area contributed by atoms with E-state index in [1.807, 2.05) is 0 Å². The van der Waals surface area contributed by atoms with E-state index in [4.69, 9.17) is 0 Å². The summed E-state index contributed by atoms with van der Waals surface area (Å²) in [5, 5.41) is 3.03. The summed E-state index contributed by atoms with van der Waals surface area (Å²) in [6.07, 6.45) is -5.55. The number of hydrogen-bond acceptors (Lipinski definition) is 2. The Kier molecular flexibility index (Phi) is 4.59. The Morgan fingerprint density at radius 1 is 1.15 bits per heavy atom. The van der Waals surface area contributed by atoms with Crippen molar-refractivity contribution in [2.24, 2.45) is 0 Å². The van der Waals surface area contributed by atoms with Gasteiger partial charge in [-0.3, -0.25) is 4.90 Å². The average Bonchev–Trinajstić information content (AvgIpc) is 2.36. The number of alkyl halides is 3. The van der Waals surface area contributed by atoms with Crippen LogP contribution in [0.15, 0.2) is 18.2 Å². The number of halogens is 5. The van der Waals surface area contributed by atoms with Gasteiger partial charge in [0, 0.05) is 43.9 Å². The quantitative estimate of drug-likeness (QED) is 0.862. The lowest BCUT2D eigenvalue weighted by Gasteiger charge is -2.35. The molecule has 1 aliphatic heterocycles. The molecule has 1 N–H and O–H groups in total. The molecule has 1 heterocycles. The third-order valence-corrected chi connectivity index (χ3v) is 3.34. The predicted molar refractivity (Wildman–Crippen MR) is 64.2 cm³/mol. The zero-order valence-corrected chi connectivity index (χ0v) is 10.7. The van der Waals surface area contributed by atoms with E-state index in [1.165, 1.54) is 0 Å². The topological polar surface area (TPSA) is 15.3 Å². The van der Waals surface area contributed by atoms with Crippen LogP contribution >= 0.6 is 0 Å². The molecular weight excluding hydrogens is 279 g/mol. The molecule has 0 spiro atoms. The summed E-state index contributed by atoms with van der Waals surface area (Å²) in [6, 6.07) is 1.60. The number of benzene rings is 1. The first-order valence-corrected chi connectivity index (χ1v) is 6.33. The maximum absolute atomic E-state index is 13.8. The molecular formula is C13H15F5N2. The normalized spacial score (nSPS) is 19.1. The van der Waals surface area contributed by atoms with Gasteiger partial charge in [0.1, 0.15) is 11.6 Å². The average molecular weight is 294 g/mol. The third kappa shape index (κ3) is 3.89. The fraction of sp³-hybridized carbons (Fsp3) is 0.538. The van der Waals surface area contributed by atoms with Crippen molar-refractivity contribution >= 4 is 0 Å². The molecule has 1 saturated heterocycles. The highest BCUT2D eigenvalue weighted by molar-refractivity contribution is 5.22. The first kappa shape index (κ1) is 15.2. The molecule has 112 valence electrons. The molecule has 1 fully saturated rings. The van der Waals surface area contributed by atoms with Crippen LogP contribution in [0, 0.1) is 11.6 Å². The van der Waals surface area contributed by atoms with Crippen LogP contribution in [0.2, 0.25) is 0 Å². The lowest BCUT2D eigenvalue weighted by molar-refractivity contribution is -0.149. The molecule has 0 aromatic heterocycles. The van der Waals surface area contributed by atoms with E-state index in [9.17, 15) is 22.0 Å². The smallest absolute Gasteiger partial charge is 0.314 e. The van der Waals surface area contributed by atoms with Gasteiger partial charge in [-0.05, 0) is 6.07 Å². The molecule has 1 aliphatic rings. The van der Waals surface area contributed by atoms with Crippen molar-refractivity contribution in [3.63, 3.8) is 0 Å². The highest BCUT2D eigenvalue weighted by Gasteiger charge is 2.37. The van der Waals surface area contributed by atoms with Crippen molar-refractivity contribution in [2.45, 2.75) is 18.6 Å². The molecule has 0 amide bonds. The van der Waals surface area contributed by atoms with E-state index in [2.05, 4.69) is 5.32 Å². The summed E-state index contributed by atoms with van der Waals surface area (Å²) in [5.74, 6) is -1.73. The zero-order chi connectivity index (χ0) is 14.8. The Labute approximate surface area is 113 Å². The lowest BCUT2D eigenvalue weighted by atomic mass is 10.00. The van der Waals surface area contributed by atoms with Crippen molar-refractivity contribution in [3.05, 3.63) is 35.4 Å². The highest BCUT2D eigenvalue weighted by Crippen LogP contribution is 2.35. The monoisotopic (exact) mass is 294 g/mol. The fourth-order valence-corrected chi connectivity index (χ4v) is 2.42. The molecule has 2 nitrogen and oxygen atoms in total. The van der Waals surface area contributed by atoms with Crippen LogP contribution in [0.3, 0.4) is 0 Å². The molecule has 0 radical (unpaired) electrons. The molecule has 1 aromatic rings. The Morgan fingerprint density at radius 3 is 2.35 bits per heavy atom. The van der Waals surface area contributed by atoms with E-state index in [0.29, 0.717) is 32.2 Å². The van der Waals surface area contributed by atoms with Gasteiger partial charge in [0.05, 0.1) is 6.42 Å². The number of nitrogens with one attached hydrogen (secondary N) is 1. The third-order valence-electron chi connectivity index (χ3n) is 3.34. The van der Waals surface area contributed by atoms with Crippen LogP contribution in [0.25, 0.3) is 0 Å². The first-order valence-electron chi connectivity index (χ1n) is 6.33. The van der Waals surface area contributed by atoms with E-state index >= 15 is 0 Å². The van der Waals surface area contributed by atoms with Gasteiger partial charge in [0.2, 0.25) is 0 Å². The fourth-order valence-electron chi connectivity index (χ4n) is 2.42. The second-order valence-electron chi connectivity index (χ2n) is 4.79. The number of rotatable bonds is 3. The van der Waals surface area contributed by atoms with Gasteiger partial charge in [-0.2, -0.15) is 13.2 Å². The van der Waals surface area contributed by atoms with Gasteiger partial charge in [-0.1, -0.05) is 6.07 Å². The molecule has 20 heavy (non-hydrogen) atoms. The minimum atomic E-state index is -4.41. The van der Waals surface area contributed by atoms with Gasteiger partial charge >= 0.3 is 6.18 Å². The second kappa shape index (κ2) is 6.05. The van der Waals surface area contributed by atoms with Crippen LogP contribution in [-0.4, -0.2) is 37.3 Å². The van der Waals surface area contributed by atoms with E-state index in [-0.39, 0.29) is 5.56 Å². The summed E-state index contributed by atoms with van der Waals surface area (Å²) in [5.41, 5.74) is -0.106. The van der Waals surface area contributed by atoms with Gasteiger partial charge in [-0.25, -0.2) is 8.78 Å². The van der Waals surface area contributed by atoms with Crippen molar-refractivity contribution in [1.29, 1.82) is 0 Å². The summed E-state index contributed by atoms with van der Waals surface area (Å²) in [4.78, 5) is 1.58. The van der Waals surface area contributed by atoms with Gasteiger partial charge in [0.25, 0.3) is 0 Å².